The Balaban J connectivity index is 2.18. The Labute approximate surface area is 117 Å². The molecule has 19 heavy (non-hydrogen) atoms. The molecule has 0 spiro atoms. The fraction of sp³-hybridized carbons (Fsp3) is 0.611. The van der Waals surface area contributed by atoms with Gasteiger partial charge in [0.2, 0.25) is 0 Å². The van der Waals surface area contributed by atoms with Crippen molar-refractivity contribution >= 4 is 5.78 Å². The Morgan fingerprint density at radius 3 is 2.11 bits per heavy atom. The van der Waals surface area contributed by atoms with E-state index in [1.807, 2.05) is 0 Å². The summed E-state index contributed by atoms with van der Waals surface area (Å²) < 4.78 is 0. The van der Waals surface area contributed by atoms with E-state index >= 15 is 0 Å². The van der Waals surface area contributed by atoms with Crippen LogP contribution in [0.2, 0.25) is 0 Å². The SMILES string of the molecule is Cc1cc(C(C)(C)C)cc(C)c1CC(=O)CC1CC1. The van der Waals surface area contributed by atoms with Crippen LogP contribution < -0.4 is 0 Å². The van der Waals surface area contributed by atoms with E-state index < -0.39 is 0 Å². The third kappa shape index (κ3) is 3.68. The summed E-state index contributed by atoms with van der Waals surface area (Å²) in [7, 11) is 0. The Kier molecular flexibility index (Phi) is 3.85. The predicted molar refractivity (Wildman–Crippen MR) is 80.7 cm³/mol. The lowest BCUT2D eigenvalue weighted by molar-refractivity contribution is -0.118. The molecular weight excluding hydrogens is 232 g/mol. The minimum atomic E-state index is 0.173. The molecule has 0 radical (unpaired) electrons. The third-order valence-corrected chi connectivity index (χ3v) is 4.15. The van der Waals surface area contributed by atoms with Crippen LogP contribution in [0, 0.1) is 19.8 Å². The number of carbonyl (C=O) groups is 1. The van der Waals surface area contributed by atoms with Crippen LogP contribution in [0.1, 0.15) is 62.3 Å². The van der Waals surface area contributed by atoms with Gasteiger partial charge in [0.15, 0.2) is 0 Å². The van der Waals surface area contributed by atoms with Crippen LogP contribution in [-0.2, 0) is 16.6 Å². The Morgan fingerprint density at radius 1 is 1.16 bits per heavy atom. The number of hydrogen-bond acceptors (Lipinski definition) is 1. The zero-order chi connectivity index (χ0) is 14.2. The van der Waals surface area contributed by atoms with Gasteiger partial charge in [-0.1, -0.05) is 32.9 Å². The molecule has 1 heteroatoms. The lowest BCUT2D eigenvalue weighted by Gasteiger charge is -2.22. The number of Topliss-reactive ketones (excluding diaryl/α,β-unsaturated/α-hetero) is 1. The highest BCUT2D eigenvalue weighted by Crippen LogP contribution is 2.33. The Bertz CT molecular complexity index is 464. The monoisotopic (exact) mass is 258 g/mol. The lowest BCUT2D eigenvalue weighted by atomic mass is 9.83. The van der Waals surface area contributed by atoms with Crippen molar-refractivity contribution in [3.8, 4) is 0 Å². The molecule has 1 aromatic carbocycles. The normalized spacial score (nSPS) is 15.6. The second-order valence-corrected chi connectivity index (χ2v) is 7.20. The molecule has 1 aromatic rings. The number of carbonyl (C=O) groups excluding carboxylic acids is 1. The molecule has 1 fully saturated rings. The van der Waals surface area contributed by atoms with Crippen molar-refractivity contribution in [2.24, 2.45) is 5.92 Å². The van der Waals surface area contributed by atoms with Crippen LogP contribution in [0.25, 0.3) is 0 Å². The van der Waals surface area contributed by atoms with E-state index in [0.29, 0.717) is 18.1 Å². The number of hydrogen-bond donors (Lipinski definition) is 0. The van der Waals surface area contributed by atoms with Crippen LogP contribution >= 0.6 is 0 Å². The highest BCUT2D eigenvalue weighted by molar-refractivity contribution is 5.82. The molecule has 2 rings (SSSR count). The first-order chi connectivity index (χ1) is 8.77. The first-order valence-corrected chi connectivity index (χ1v) is 7.39. The van der Waals surface area contributed by atoms with Crippen molar-refractivity contribution in [1.82, 2.24) is 0 Å². The average molecular weight is 258 g/mol. The molecule has 0 heterocycles. The van der Waals surface area contributed by atoms with Crippen LogP contribution in [0.15, 0.2) is 12.1 Å². The molecule has 0 aliphatic heterocycles. The first-order valence-electron chi connectivity index (χ1n) is 7.39. The molecule has 0 bridgehead atoms. The van der Waals surface area contributed by atoms with Gasteiger partial charge in [0.25, 0.3) is 0 Å². The molecule has 1 nitrogen and oxygen atoms in total. The van der Waals surface area contributed by atoms with Gasteiger partial charge in [0.05, 0.1) is 0 Å². The van der Waals surface area contributed by atoms with Crippen LogP contribution in [0.4, 0.5) is 0 Å². The maximum atomic E-state index is 12.0. The zero-order valence-corrected chi connectivity index (χ0v) is 13.0. The van der Waals surface area contributed by atoms with E-state index in [-0.39, 0.29) is 5.41 Å². The Hall–Kier alpha value is -1.11. The minimum absolute atomic E-state index is 0.173. The van der Waals surface area contributed by atoms with Gasteiger partial charge in [-0.05, 0) is 60.3 Å². The number of rotatable bonds is 4. The molecule has 0 aromatic heterocycles. The van der Waals surface area contributed by atoms with E-state index in [2.05, 4.69) is 46.8 Å². The smallest absolute Gasteiger partial charge is 0.137 e. The van der Waals surface area contributed by atoms with Crippen LogP contribution in [0.3, 0.4) is 0 Å². The fourth-order valence-corrected chi connectivity index (χ4v) is 2.62. The summed E-state index contributed by atoms with van der Waals surface area (Å²) in [6.07, 6.45) is 3.93. The third-order valence-electron chi connectivity index (χ3n) is 4.15. The summed E-state index contributed by atoms with van der Waals surface area (Å²) in [5.74, 6) is 1.11. The van der Waals surface area contributed by atoms with Crippen LogP contribution in [-0.4, -0.2) is 5.78 Å². The van der Waals surface area contributed by atoms with Gasteiger partial charge in [0.1, 0.15) is 5.78 Å². The number of benzene rings is 1. The van der Waals surface area contributed by atoms with Crippen LogP contribution in [0.5, 0.6) is 0 Å². The standard InChI is InChI=1S/C18H26O/c1-12-8-15(18(3,4)5)9-13(2)17(12)11-16(19)10-14-6-7-14/h8-9,14H,6-7,10-11H2,1-5H3. The largest absolute Gasteiger partial charge is 0.299 e. The van der Waals surface area contributed by atoms with Gasteiger partial charge in [-0.3, -0.25) is 4.79 Å². The second-order valence-electron chi connectivity index (χ2n) is 7.20. The van der Waals surface area contributed by atoms with Crippen molar-refractivity contribution in [2.45, 2.75) is 65.7 Å². The maximum Gasteiger partial charge on any atom is 0.137 e. The molecule has 104 valence electrons. The molecule has 0 saturated heterocycles. The zero-order valence-electron chi connectivity index (χ0n) is 13.0. The van der Waals surface area contributed by atoms with Crippen molar-refractivity contribution in [1.29, 1.82) is 0 Å². The summed E-state index contributed by atoms with van der Waals surface area (Å²) in [4.78, 5) is 12.0. The quantitative estimate of drug-likeness (QED) is 0.776. The van der Waals surface area contributed by atoms with Gasteiger partial charge in [0, 0.05) is 12.8 Å². The summed E-state index contributed by atoms with van der Waals surface area (Å²) in [6, 6.07) is 4.51. The summed E-state index contributed by atoms with van der Waals surface area (Å²) in [5.41, 5.74) is 5.33. The van der Waals surface area contributed by atoms with Crippen molar-refractivity contribution in [3.63, 3.8) is 0 Å². The van der Waals surface area contributed by atoms with E-state index in [4.69, 9.17) is 0 Å². The highest BCUT2D eigenvalue weighted by atomic mass is 16.1. The van der Waals surface area contributed by atoms with Gasteiger partial charge >= 0.3 is 0 Å². The average Bonchev–Trinajstić information content (AvgIpc) is 3.05. The minimum Gasteiger partial charge on any atom is -0.299 e. The molecular formula is C18H26O. The number of aryl methyl sites for hydroxylation is 2. The van der Waals surface area contributed by atoms with Gasteiger partial charge in [-0.15, -0.1) is 0 Å². The molecule has 0 N–H and O–H groups in total. The molecule has 1 aliphatic carbocycles. The van der Waals surface area contributed by atoms with Gasteiger partial charge in [-0.2, -0.15) is 0 Å². The molecule has 0 amide bonds. The molecule has 1 aliphatic rings. The summed E-state index contributed by atoms with van der Waals surface area (Å²) in [5, 5.41) is 0. The van der Waals surface area contributed by atoms with E-state index in [1.54, 1.807) is 0 Å². The second kappa shape index (κ2) is 5.11. The maximum absolute atomic E-state index is 12.0. The fourth-order valence-electron chi connectivity index (χ4n) is 2.62. The summed E-state index contributed by atoms with van der Waals surface area (Å²) >= 11 is 0. The molecule has 0 unspecified atom stereocenters. The van der Waals surface area contributed by atoms with E-state index in [9.17, 15) is 4.79 Å². The van der Waals surface area contributed by atoms with Crippen molar-refractivity contribution < 1.29 is 4.79 Å². The van der Waals surface area contributed by atoms with Crippen molar-refractivity contribution in [2.75, 3.05) is 0 Å². The van der Waals surface area contributed by atoms with Gasteiger partial charge < -0.3 is 0 Å². The highest BCUT2D eigenvalue weighted by Gasteiger charge is 2.25. The lowest BCUT2D eigenvalue weighted by Crippen LogP contribution is -2.14. The predicted octanol–water partition coefficient (Wildman–Crippen LogP) is 4.51. The topological polar surface area (TPSA) is 17.1 Å². The molecule has 0 atom stereocenters. The van der Waals surface area contributed by atoms with E-state index in [0.717, 1.165) is 6.42 Å². The molecule has 1 saturated carbocycles. The first kappa shape index (κ1) is 14.3. The summed E-state index contributed by atoms with van der Waals surface area (Å²) in [6.45, 7) is 11.0. The van der Waals surface area contributed by atoms with Crippen molar-refractivity contribution in [3.05, 3.63) is 34.4 Å². The number of ketones is 1. The van der Waals surface area contributed by atoms with Gasteiger partial charge in [-0.25, -0.2) is 0 Å². The van der Waals surface area contributed by atoms with E-state index in [1.165, 1.54) is 35.1 Å². The Morgan fingerprint density at radius 2 is 1.68 bits per heavy atom.